The van der Waals surface area contributed by atoms with Crippen LogP contribution in [0.15, 0.2) is 0 Å². The molecule has 0 aliphatic carbocycles. The van der Waals surface area contributed by atoms with E-state index in [4.69, 9.17) is 4.74 Å². The molecule has 2 fully saturated rings. The van der Waals surface area contributed by atoms with E-state index >= 15 is 0 Å². The Hall–Kier alpha value is -0.120. The fourth-order valence-corrected chi connectivity index (χ4v) is 2.87. The fourth-order valence-electron chi connectivity index (χ4n) is 2.87. The summed E-state index contributed by atoms with van der Waals surface area (Å²) in [5.41, 5.74) is 0.525. The lowest BCUT2D eigenvalue weighted by Crippen LogP contribution is -2.42. The smallest absolute Gasteiger partial charge is 0.0622 e. The Morgan fingerprint density at radius 2 is 2.40 bits per heavy atom. The molecule has 2 heterocycles. The van der Waals surface area contributed by atoms with Crippen molar-refractivity contribution in [2.24, 2.45) is 5.41 Å². The Bertz CT molecular complexity index is 196. The number of hydrogen-bond acceptors (Lipinski definition) is 3. The molecule has 88 valence electrons. The largest absolute Gasteiger partial charge is 0.380 e. The number of likely N-dealkylation sites (N-methyl/N-ethyl adjacent to an activating group) is 1. The second kappa shape index (κ2) is 4.81. The van der Waals surface area contributed by atoms with Crippen molar-refractivity contribution < 1.29 is 4.74 Å². The molecule has 2 saturated heterocycles. The maximum atomic E-state index is 5.45. The van der Waals surface area contributed by atoms with Gasteiger partial charge in [-0.1, -0.05) is 6.92 Å². The highest BCUT2D eigenvalue weighted by Gasteiger charge is 2.35. The molecule has 2 aliphatic rings. The Morgan fingerprint density at radius 1 is 1.53 bits per heavy atom. The van der Waals surface area contributed by atoms with Crippen molar-refractivity contribution in [2.75, 3.05) is 39.9 Å². The normalized spacial score (nSPS) is 36.6. The minimum absolute atomic E-state index is 0.525. The van der Waals surface area contributed by atoms with E-state index in [0.29, 0.717) is 11.5 Å². The SMILES string of the molecule is CCC1(CN(C)C2CCOC2)CCNC1. The van der Waals surface area contributed by atoms with Crippen LogP contribution in [0.5, 0.6) is 0 Å². The van der Waals surface area contributed by atoms with Gasteiger partial charge in [0.25, 0.3) is 0 Å². The van der Waals surface area contributed by atoms with E-state index < -0.39 is 0 Å². The van der Waals surface area contributed by atoms with Crippen LogP contribution in [0.4, 0.5) is 0 Å². The minimum Gasteiger partial charge on any atom is -0.380 e. The molecule has 0 spiro atoms. The fraction of sp³-hybridized carbons (Fsp3) is 1.00. The van der Waals surface area contributed by atoms with Gasteiger partial charge in [-0.05, 0) is 38.3 Å². The predicted octanol–water partition coefficient (Wildman–Crippen LogP) is 1.10. The third kappa shape index (κ3) is 2.52. The zero-order valence-electron chi connectivity index (χ0n) is 10.1. The van der Waals surface area contributed by atoms with Gasteiger partial charge in [-0.15, -0.1) is 0 Å². The van der Waals surface area contributed by atoms with Gasteiger partial charge in [0.1, 0.15) is 0 Å². The molecule has 1 N–H and O–H groups in total. The Morgan fingerprint density at radius 3 is 2.93 bits per heavy atom. The number of rotatable bonds is 4. The van der Waals surface area contributed by atoms with Gasteiger partial charge in [-0.2, -0.15) is 0 Å². The lowest BCUT2D eigenvalue weighted by Gasteiger charge is -2.34. The molecule has 3 heteroatoms. The third-order valence-electron chi connectivity index (χ3n) is 4.20. The van der Waals surface area contributed by atoms with Crippen LogP contribution < -0.4 is 5.32 Å². The molecule has 0 bridgehead atoms. The molecule has 2 aliphatic heterocycles. The monoisotopic (exact) mass is 212 g/mol. The molecular weight excluding hydrogens is 188 g/mol. The first-order valence-electron chi connectivity index (χ1n) is 6.24. The molecule has 0 saturated carbocycles. The van der Waals surface area contributed by atoms with E-state index in [1.54, 1.807) is 0 Å². The Balaban J connectivity index is 1.88. The van der Waals surface area contributed by atoms with E-state index in [1.807, 2.05) is 0 Å². The zero-order chi connectivity index (χ0) is 10.7. The van der Waals surface area contributed by atoms with Gasteiger partial charge >= 0.3 is 0 Å². The first kappa shape index (κ1) is 11.4. The first-order chi connectivity index (χ1) is 7.26. The van der Waals surface area contributed by atoms with Crippen molar-refractivity contribution >= 4 is 0 Å². The number of nitrogens with zero attached hydrogens (tertiary/aromatic N) is 1. The second-order valence-corrected chi connectivity index (χ2v) is 5.21. The van der Waals surface area contributed by atoms with Crippen molar-refractivity contribution in [3.63, 3.8) is 0 Å². The van der Waals surface area contributed by atoms with E-state index in [-0.39, 0.29) is 0 Å². The molecular formula is C12H24N2O. The number of ether oxygens (including phenoxy) is 1. The topological polar surface area (TPSA) is 24.5 Å². The molecule has 2 unspecified atom stereocenters. The molecule has 0 aromatic heterocycles. The van der Waals surface area contributed by atoms with Crippen LogP contribution in [-0.2, 0) is 4.74 Å². The van der Waals surface area contributed by atoms with Crippen LogP contribution in [-0.4, -0.2) is 50.8 Å². The average molecular weight is 212 g/mol. The van der Waals surface area contributed by atoms with E-state index in [9.17, 15) is 0 Å². The summed E-state index contributed by atoms with van der Waals surface area (Å²) in [5.74, 6) is 0. The lowest BCUT2D eigenvalue weighted by atomic mass is 9.83. The molecule has 0 amide bonds. The summed E-state index contributed by atoms with van der Waals surface area (Å²) < 4.78 is 5.45. The van der Waals surface area contributed by atoms with Gasteiger partial charge in [0.05, 0.1) is 6.61 Å². The zero-order valence-corrected chi connectivity index (χ0v) is 10.1. The molecule has 3 nitrogen and oxygen atoms in total. The van der Waals surface area contributed by atoms with Gasteiger partial charge < -0.3 is 15.0 Å². The Labute approximate surface area is 93.2 Å². The van der Waals surface area contributed by atoms with E-state index in [2.05, 4.69) is 24.2 Å². The molecule has 2 atom stereocenters. The number of hydrogen-bond donors (Lipinski definition) is 1. The summed E-state index contributed by atoms with van der Waals surface area (Å²) in [7, 11) is 2.26. The molecule has 0 aromatic carbocycles. The van der Waals surface area contributed by atoms with Gasteiger partial charge in [-0.3, -0.25) is 0 Å². The van der Waals surface area contributed by atoms with Crippen molar-refractivity contribution in [1.82, 2.24) is 10.2 Å². The standard InChI is InChI=1S/C12H24N2O/c1-3-12(5-6-13-9-12)10-14(2)11-4-7-15-8-11/h11,13H,3-10H2,1-2H3. The lowest BCUT2D eigenvalue weighted by molar-refractivity contribution is 0.120. The summed E-state index contributed by atoms with van der Waals surface area (Å²) in [4.78, 5) is 2.52. The third-order valence-corrected chi connectivity index (χ3v) is 4.20. The van der Waals surface area contributed by atoms with Crippen molar-refractivity contribution in [2.45, 2.75) is 32.2 Å². The van der Waals surface area contributed by atoms with Crippen LogP contribution >= 0.6 is 0 Å². The van der Waals surface area contributed by atoms with Crippen LogP contribution in [0.25, 0.3) is 0 Å². The quantitative estimate of drug-likeness (QED) is 0.755. The molecule has 15 heavy (non-hydrogen) atoms. The first-order valence-corrected chi connectivity index (χ1v) is 6.24. The highest BCUT2D eigenvalue weighted by atomic mass is 16.5. The molecule has 0 aromatic rings. The van der Waals surface area contributed by atoms with Gasteiger partial charge in [0.2, 0.25) is 0 Å². The van der Waals surface area contributed by atoms with Crippen molar-refractivity contribution in [1.29, 1.82) is 0 Å². The Kier molecular flexibility index (Phi) is 3.65. The highest BCUT2D eigenvalue weighted by molar-refractivity contribution is 4.90. The summed E-state index contributed by atoms with van der Waals surface area (Å²) in [6.45, 7) is 7.83. The summed E-state index contributed by atoms with van der Waals surface area (Å²) >= 11 is 0. The van der Waals surface area contributed by atoms with E-state index in [1.165, 1.54) is 38.9 Å². The second-order valence-electron chi connectivity index (χ2n) is 5.21. The maximum Gasteiger partial charge on any atom is 0.0622 e. The molecule has 2 rings (SSSR count). The number of nitrogens with one attached hydrogen (secondary N) is 1. The van der Waals surface area contributed by atoms with Gasteiger partial charge in [0, 0.05) is 25.7 Å². The minimum atomic E-state index is 0.525. The maximum absolute atomic E-state index is 5.45. The van der Waals surface area contributed by atoms with Crippen LogP contribution in [0.2, 0.25) is 0 Å². The van der Waals surface area contributed by atoms with E-state index in [0.717, 1.165) is 13.2 Å². The highest BCUT2D eigenvalue weighted by Crippen LogP contribution is 2.31. The van der Waals surface area contributed by atoms with Crippen LogP contribution in [0.3, 0.4) is 0 Å². The van der Waals surface area contributed by atoms with Crippen LogP contribution in [0.1, 0.15) is 26.2 Å². The van der Waals surface area contributed by atoms with Gasteiger partial charge in [-0.25, -0.2) is 0 Å². The summed E-state index contributed by atoms with van der Waals surface area (Å²) in [6.07, 6.45) is 3.84. The predicted molar refractivity (Wildman–Crippen MR) is 62.1 cm³/mol. The molecule has 0 radical (unpaired) electrons. The summed E-state index contributed by atoms with van der Waals surface area (Å²) in [5, 5.41) is 3.50. The van der Waals surface area contributed by atoms with Crippen molar-refractivity contribution in [3.05, 3.63) is 0 Å². The summed E-state index contributed by atoms with van der Waals surface area (Å²) in [6, 6.07) is 0.661. The van der Waals surface area contributed by atoms with Crippen molar-refractivity contribution in [3.8, 4) is 0 Å². The van der Waals surface area contributed by atoms with Gasteiger partial charge in [0.15, 0.2) is 0 Å². The average Bonchev–Trinajstić information content (AvgIpc) is 2.88. The van der Waals surface area contributed by atoms with Crippen LogP contribution in [0, 0.1) is 5.41 Å².